The molecular weight excluding hydrogens is 269 g/mol. The van der Waals surface area contributed by atoms with E-state index in [1.54, 1.807) is 0 Å². The third-order valence-electron chi connectivity index (χ3n) is 3.85. The Balaban J connectivity index is 0.00000180. The van der Waals surface area contributed by atoms with Crippen LogP contribution in [0.2, 0.25) is 0 Å². The molecule has 0 aliphatic heterocycles. The van der Waals surface area contributed by atoms with Gasteiger partial charge in [-0.1, -0.05) is 19.3 Å². The molecule has 1 aromatic rings. The van der Waals surface area contributed by atoms with Crippen LogP contribution in [-0.4, -0.2) is 16.3 Å². The number of phenolic OH excluding ortho intramolecular Hbond substituents is 1. The largest absolute Gasteiger partial charge is 0.508 e. The molecule has 5 heteroatoms. The first-order valence-corrected chi connectivity index (χ1v) is 6.51. The molecule has 19 heavy (non-hydrogen) atoms. The van der Waals surface area contributed by atoms with E-state index in [1.807, 2.05) is 0 Å². The summed E-state index contributed by atoms with van der Waals surface area (Å²) in [4.78, 5) is 0. The van der Waals surface area contributed by atoms with Crippen molar-refractivity contribution in [3.63, 3.8) is 0 Å². The van der Waals surface area contributed by atoms with Crippen molar-refractivity contribution in [3.8, 4) is 5.75 Å². The second-order valence-electron chi connectivity index (χ2n) is 5.12. The number of nitrogens with two attached hydrogens (primary N) is 1. The highest BCUT2D eigenvalue weighted by Crippen LogP contribution is 2.34. The third-order valence-corrected chi connectivity index (χ3v) is 3.85. The van der Waals surface area contributed by atoms with Crippen molar-refractivity contribution >= 4 is 12.4 Å². The molecule has 0 spiro atoms. The lowest BCUT2D eigenvalue weighted by Gasteiger charge is -2.30. The first kappa shape index (κ1) is 16.2. The van der Waals surface area contributed by atoms with Crippen LogP contribution in [0.5, 0.6) is 5.75 Å². The predicted molar refractivity (Wildman–Crippen MR) is 74.8 cm³/mol. The highest BCUT2D eigenvalue weighted by atomic mass is 35.5. The zero-order valence-corrected chi connectivity index (χ0v) is 11.6. The first-order valence-electron chi connectivity index (χ1n) is 6.51. The van der Waals surface area contributed by atoms with Crippen molar-refractivity contribution in [3.05, 3.63) is 29.6 Å². The van der Waals surface area contributed by atoms with E-state index in [2.05, 4.69) is 0 Å². The van der Waals surface area contributed by atoms with E-state index in [0.29, 0.717) is 0 Å². The molecule has 0 amide bonds. The molecule has 1 aromatic carbocycles. The quantitative estimate of drug-likeness (QED) is 0.801. The highest BCUT2D eigenvalue weighted by Gasteiger charge is 2.29. The normalized spacial score (nSPS) is 19.5. The van der Waals surface area contributed by atoms with Crippen LogP contribution in [0.4, 0.5) is 4.39 Å². The Morgan fingerprint density at radius 3 is 2.47 bits per heavy atom. The van der Waals surface area contributed by atoms with Crippen molar-refractivity contribution < 1.29 is 14.6 Å². The van der Waals surface area contributed by atoms with Crippen molar-refractivity contribution in [2.24, 2.45) is 11.7 Å². The molecule has 0 heterocycles. The molecular formula is C14H21ClFNO2. The van der Waals surface area contributed by atoms with Gasteiger partial charge >= 0.3 is 0 Å². The van der Waals surface area contributed by atoms with E-state index in [0.717, 1.165) is 25.7 Å². The number of hydrogen-bond acceptors (Lipinski definition) is 3. The van der Waals surface area contributed by atoms with E-state index in [-0.39, 0.29) is 29.6 Å². The second-order valence-corrected chi connectivity index (χ2v) is 5.12. The van der Waals surface area contributed by atoms with Crippen LogP contribution in [0, 0.1) is 11.7 Å². The van der Waals surface area contributed by atoms with Crippen LogP contribution >= 0.6 is 12.4 Å². The number of phenols is 1. The van der Waals surface area contributed by atoms with Crippen LogP contribution in [0.15, 0.2) is 18.2 Å². The van der Waals surface area contributed by atoms with Gasteiger partial charge < -0.3 is 15.9 Å². The van der Waals surface area contributed by atoms with E-state index in [4.69, 9.17) is 5.73 Å². The zero-order valence-electron chi connectivity index (χ0n) is 10.8. The van der Waals surface area contributed by atoms with Gasteiger partial charge in [0.25, 0.3) is 0 Å². The summed E-state index contributed by atoms with van der Waals surface area (Å²) in [5.41, 5.74) is 6.25. The third kappa shape index (κ3) is 3.81. The van der Waals surface area contributed by atoms with Crippen LogP contribution in [-0.2, 0) is 0 Å². The van der Waals surface area contributed by atoms with Gasteiger partial charge in [0.1, 0.15) is 11.6 Å². The predicted octanol–water partition coefficient (Wildman–Crippen LogP) is 2.89. The zero-order chi connectivity index (χ0) is 13.1. The first-order chi connectivity index (χ1) is 8.59. The van der Waals surface area contributed by atoms with Crippen molar-refractivity contribution in [2.75, 3.05) is 0 Å². The maximum atomic E-state index is 13.2. The number of rotatable bonds is 3. The molecule has 1 aliphatic rings. The lowest BCUT2D eigenvalue weighted by Crippen LogP contribution is -2.34. The lowest BCUT2D eigenvalue weighted by atomic mass is 9.81. The minimum Gasteiger partial charge on any atom is -0.508 e. The molecule has 0 saturated heterocycles. The van der Waals surface area contributed by atoms with Crippen molar-refractivity contribution in [1.29, 1.82) is 0 Å². The molecule has 0 radical (unpaired) electrons. The van der Waals surface area contributed by atoms with Gasteiger partial charge in [-0.15, -0.1) is 12.4 Å². The number of aliphatic hydroxyl groups is 1. The smallest absolute Gasteiger partial charge is 0.123 e. The molecule has 3 nitrogen and oxygen atoms in total. The van der Waals surface area contributed by atoms with Gasteiger partial charge in [-0.25, -0.2) is 4.39 Å². The van der Waals surface area contributed by atoms with Gasteiger partial charge in [0.2, 0.25) is 0 Å². The molecule has 1 fully saturated rings. The molecule has 2 atom stereocenters. The van der Waals surface area contributed by atoms with E-state index in [1.165, 1.54) is 24.6 Å². The fourth-order valence-electron chi connectivity index (χ4n) is 2.75. The Morgan fingerprint density at radius 2 is 1.84 bits per heavy atom. The van der Waals surface area contributed by atoms with Gasteiger partial charge in [0.15, 0.2) is 0 Å². The minimum absolute atomic E-state index is 0. The Kier molecular flexibility index (Phi) is 6.04. The SMILES string of the molecule is Cl.N[C@@H](c1cc(F)ccc1O)[C@H](O)C1CCCCC1. The number of aliphatic hydroxyl groups excluding tert-OH is 1. The summed E-state index contributed by atoms with van der Waals surface area (Å²) in [5.74, 6) is -0.357. The molecule has 2 rings (SSSR count). The summed E-state index contributed by atoms with van der Waals surface area (Å²) in [6, 6.07) is 2.92. The Hall–Kier alpha value is -0.840. The fraction of sp³-hybridized carbons (Fsp3) is 0.571. The van der Waals surface area contributed by atoms with E-state index < -0.39 is 18.0 Å². The average molecular weight is 290 g/mol. The molecule has 1 aliphatic carbocycles. The van der Waals surface area contributed by atoms with Crippen molar-refractivity contribution in [2.45, 2.75) is 44.2 Å². The van der Waals surface area contributed by atoms with Gasteiger partial charge in [-0.2, -0.15) is 0 Å². The summed E-state index contributed by atoms with van der Waals surface area (Å²) >= 11 is 0. The summed E-state index contributed by atoms with van der Waals surface area (Å²) in [6.45, 7) is 0. The van der Waals surface area contributed by atoms with Crippen LogP contribution in [0.1, 0.15) is 43.7 Å². The molecule has 0 aromatic heterocycles. The van der Waals surface area contributed by atoms with Crippen LogP contribution in [0.3, 0.4) is 0 Å². The summed E-state index contributed by atoms with van der Waals surface area (Å²) in [5, 5.41) is 19.9. The Labute approximate surface area is 119 Å². The summed E-state index contributed by atoms with van der Waals surface area (Å²) in [7, 11) is 0. The van der Waals surface area contributed by atoms with Crippen LogP contribution in [0.25, 0.3) is 0 Å². The highest BCUT2D eigenvalue weighted by molar-refractivity contribution is 5.85. The van der Waals surface area contributed by atoms with Gasteiger partial charge in [0, 0.05) is 5.56 Å². The molecule has 108 valence electrons. The molecule has 0 unspecified atom stereocenters. The number of hydrogen-bond donors (Lipinski definition) is 3. The minimum atomic E-state index is -0.733. The fourth-order valence-corrected chi connectivity index (χ4v) is 2.75. The average Bonchev–Trinajstić information content (AvgIpc) is 2.41. The van der Waals surface area contributed by atoms with Gasteiger partial charge in [-0.3, -0.25) is 0 Å². The monoisotopic (exact) mass is 289 g/mol. The Morgan fingerprint density at radius 1 is 1.21 bits per heavy atom. The number of aromatic hydroxyl groups is 1. The summed E-state index contributed by atoms with van der Waals surface area (Å²) in [6.07, 6.45) is 4.57. The summed E-state index contributed by atoms with van der Waals surface area (Å²) < 4.78 is 13.2. The van der Waals surface area contributed by atoms with Gasteiger partial charge in [0.05, 0.1) is 12.1 Å². The maximum Gasteiger partial charge on any atom is 0.123 e. The topological polar surface area (TPSA) is 66.5 Å². The molecule has 1 saturated carbocycles. The van der Waals surface area contributed by atoms with E-state index >= 15 is 0 Å². The van der Waals surface area contributed by atoms with E-state index in [9.17, 15) is 14.6 Å². The van der Waals surface area contributed by atoms with Gasteiger partial charge in [-0.05, 0) is 37.0 Å². The number of halogens is 2. The van der Waals surface area contributed by atoms with Crippen molar-refractivity contribution in [1.82, 2.24) is 0 Å². The standard InChI is InChI=1S/C14H20FNO2.ClH/c15-10-6-7-12(17)11(8-10)13(16)14(18)9-4-2-1-3-5-9;/h6-9,13-14,17-18H,1-5,16H2;1H/t13-,14+;/m0./s1. The Bertz CT molecular complexity index is 410. The maximum absolute atomic E-state index is 13.2. The number of benzene rings is 1. The second kappa shape index (κ2) is 7.08. The molecule has 4 N–H and O–H groups in total. The van der Waals surface area contributed by atoms with Crippen LogP contribution < -0.4 is 5.73 Å². The lowest BCUT2D eigenvalue weighted by molar-refractivity contribution is 0.0610. The molecule has 0 bridgehead atoms.